The van der Waals surface area contributed by atoms with Gasteiger partial charge in [-0.2, -0.15) is 0 Å². The van der Waals surface area contributed by atoms with Gasteiger partial charge in [0.1, 0.15) is 0 Å². The van der Waals surface area contributed by atoms with Crippen molar-refractivity contribution in [2.45, 2.75) is 4.90 Å². The summed E-state index contributed by atoms with van der Waals surface area (Å²) in [6, 6.07) is 13.3. The molecular weight excluding hydrogens is 389 g/mol. The Morgan fingerprint density at radius 1 is 1.05 bits per heavy atom. The molecular formula is C14H12INO3S. The summed E-state index contributed by atoms with van der Waals surface area (Å²) < 4.78 is 23.6. The molecule has 4 nitrogen and oxygen atoms in total. The highest BCUT2D eigenvalue weighted by molar-refractivity contribution is 14.1. The molecule has 0 radical (unpaired) electrons. The van der Waals surface area contributed by atoms with Gasteiger partial charge in [-0.3, -0.25) is 4.79 Å². The molecule has 2 aromatic carbocycles. The van der Waals surface area contributed by atoms with E-state index in [1.807, 2.05) is 24.3 Å². The van der Waals surface area contributed by atoms with E-state index in [-0.39, 0.29) is 10.8 Å². The summed E-state index contributed by atoms with van der Waals surface area (Å²) in [7, 11) is -3.24. The number of hydrogen-bond acceptors (Lipinski definition) is 3. The third-order valence-corrected chi connectivity index (χ3v) is 4.74. The van der Waals surface area contributed by atoms with Crippen molar-refractivity contribution in [2.75, 3.05) is 11.6 Å². The number of amides is 1. The van der Waals surface area contributed by atoms with Crippen molar-refractivity contribution in [1.29, 1.82) is 0 Å². The lowest BCUT2D eigenvalue weighted by molar-refractivity contribution is 0.102. The van der Waals surface area contributed by atoms with Crippen LogP contribution >= 0.6 is 22.6 Å². The number of rotatable bonds is 3. The van der Waals surface area contributed by atoms with E-state index in [4.69, 9.17) is 0 Å². The molecule has 0 aliphatic heterocycles. The van der Waals surface area contributed by atoms with Gasteiger partial charge in [-0.1, -0.05) is 12.1 Å². The number of halogens is 1. The third-order valence-electron chi connectivity index (χ3n) is 2.67. The first-order chi connectivity index (χ1) is 9.38. The van der Waals surface area contributed by atoms with E-state index in [1.165, 1.54) is 24.3 Å². The Labute approximate surface area is 131 Å². The molecule has 0 aliphatic carbocycles. The monoisotopic (exact) mass is 401 g/mol. The summed E-state index contributed by atoms with van der Waals surface area (Å²) in [4.78, 5) is 12.3. The molecule has 6 heteroatoms. The van der Waals surface area contributed by atoms with Gasteiger partial charge in [0.05, 0.1) is 10.6 Å². The molecule has 0 aliphatic rings. The zero-order valence-corrected chi connectivity index (χ0v) is 13.6. The molecule has 0 spiro atoms. The first-order valence-electron chi connectivity index (χ1n) is 5.74. The van der Waals surface area contributed by atoms with Crippen molar-refractivity contribution < 1.29 is 13.2 Å². The molecule has 0 bridgehead atoms. The van der Waals surface area contributed by atoms with Gasteiger partial charge in [0.25, 0.3) is 5.91 Å². The SMILES string of the molecule is CS(=O)(=O)c1ccc(C(=O)Nc2ccccc2I)cc1. The molecule has 0 saturated heterocycles. The quantitative estimate of drug-likeness (QED) is 0.805. The van der Waals surface area contributed by atoms with Gasteiger partial charge >= 0.3 is 0 Å². The third kappa shape index (κ3) is 3.57. The molecule has 1 N–H and O–H groups in total. The standard InChI is InChI=1S/C14H12INO3S/c1-20(18,19)11-8-6-10(7-9-11)14(17)16-13-5-3-2-4-12(13)15/h2-9H,1H3,(H,16,17). The Hall–Kier alpha value is -1.41. The van der Waals surface area contributed by atoms with Gasteiger partial charge in [0, 0.05) is 15.4 Å². The van der Waals surface area contributed by atoms with Crippen molar-refractivity contribution >= 4 is 44.0 Å². The fraction of sp³-hybridized carbons (Fsp3) is 0.0714. The van der Waals surface area contributed by atoms with Crippen LogP contribution in [0.25, 0.3) is 0 Å². The van der Waals surface area contributed by atoms with Crippen LogP contribution in [0.15, 0.2) is 53.4 Å². The molecule has 1 amide bonds. The smallest absolute Gasteiger partial charge is 0.255 e. The maximum absolute atomic E-state index is 12.1. The number of sulfone groups is 1. The number of hydrogen-bond donors (Lipinski definition) is 1. The van der Waals surface area contributed by atoms with Crippen LogP contribution in [0.5, 0.6) is 0 Å². The second kappa shape index (κ2) is 5.92. The summed E-state index contributed by atoms with van der Waals surface area (Å²) >= 11 is 2.13. The Morgan fingerprint density at radius 2 is 1.65 bits per heavy atom. The molecule has 0 aromatic heterocycles. The summed E-state index contributed by atoms with van der Waals surface area (Å²) in [5.41, 5.74) is 1.14. The molecule has 104 valence electrons. The molecule has 0 saturated carbocycles. The van der Waals surface area contributed by atoms with E-state index in [0.29, 0.717) is 5.56 Å². The van der Waals surface area contributed by atoms with E-state index in [0.717, 1.165) is 15.5 Å². The van der Waals surface area contributed by atoms with Crippen molar-refractivity contribution in [3.63, 3.8) is 0 Å². The predicted molar refractivity (Wildman–Crippen MR) is 86.7 cm³/mol. The number of para-hydroxylation sites is 1. The summed E-state index contributed by atoms with van der Waals surface area (Å²) in [5.74, 6) is -0.269. The maximum atomic E-state index is 12.1. The van der Waals surface area contributed by atoms with Crippen LogP contribution in [-0.2, 0) is 9.84 Å². The lowest BCUT2D eigenvalue weighted by atomic mass is 10.2. The van der Waals surface area contributed by atoms with Gasteiger partial charge in [-0.25, -0.2) is 8.42 Å². The molecule has 20 heavy (non-hydrogen) atoms. The average molecular weight is 401 g/mol. The van der Waals surface area contributed by atoms with Crippen molar-refractivity contribution in [3.8, 4) is 0 Å². The van der Waals surface area contributed by atoms with E-state index >= 15 is 0 Å². The van der Waals surface area contributed by atoms with Crippen molar-refractivity contribution in [2.24, 2.45) is 0 Å². The Balaban J connectivity index is 2.20. The lowest BCUT2D eigenvalue weighted by Crippen LogP contribution is -2.12. The normalized spacial score (nSPS) is 11.1. The molecule has 2 aromatic rings. The van der Waals surface area contributed by atoms with Crippen LogP contribution in [-0.4, -0.2) is 20.6 Å². The van der Waals surface area contributed by atoms with Gasteiger partial charge < -0.3 is 5.32 Å². The second-order valence-corrected chi connectivity index (χ2v) is 7.41. The fourth-order valence-electron chi connectivity index (χ4n) is 1.61. The maximum Gasteiger partial charge on any atom is 0.255 e. The molecule has 2 rings (SSSR count). The largest absolute Gasteiger partial charge is 0.321 e. The van der Waals surface area contributed by atoms with Crippen LogP contribution in [0.3, 0.4) is 0 Å². The Bertz CT molecular complexity index is 739. The number of benzene rings is 2. The zero-order valence-electron chi connectivity index (χ0n) is 10.6. The molecule has 0 fully saturated rings. The van der Waals surface area contributed by atoms with Crippen LogP contribution in [0.4, 0.5) is 5.69 Å². The fourth-order valence-corrected chi connectivity index (χ4v) is 2.76. The van der Waals surface area contributed by atoms with Gasteiger partial charge in [-0.15, -0.1) is 0 Å². The molecule has 0 atom stereocenters. The second-order valence-electron chi connectivity index (χ2n) is 4.23. The van der Waals surface area contributed by atoms with Gasteiger partial charge in [0.2, 0.25) is 0 Å². The highest BCUT2D eigenvalue weighted by Gasteiger charge is 2.10. The lowest BCUT2D eigenvalue weighted by Gasteiger charge is -2.07. The Morgan fingerprint density at radius 3 is 2.20 bits per heavy atom. The number of carbonyl (C=O) groups excluding carboxylic acids is 1. The predicted octanol–water partition coefficient (Wildman–Crippen LogP) is 2.95. The minimum atomic E-state index is -3.24. The van der Waals surface area contributed by atoms with Gasteiger partial charge in [-0.05, 0) is 59.0 Å². The van der Waals surface area contributed by atoms with E-state index < -0.39 is 9.84 Å². The van der Waals surface area contributed by atoms with E-state index in [9.17, 15) is 13.2 Å². The van der Waals surface area contributed by atoms with Crippen LogP contribution in [0, 0.1) is 3.57 Å². The summed E-state index contributed by atoms with van der Waals surface area (Å²) in [5, 5.41) is 2.79. The molecule has 0 unspecified atom stereocenters. The minimum absolute atomic E-state index is 0.198. The van der Waals surface area contributed by atoms with Crippen LogP contribution < -0.4 is 5.32 Å². The summed E-state index contributed by atoms with van der Waals surface area (Å²) in [6.07, 6.45) is 1.13. The Kier molecular flexibility index (Phi) is 4.44. The van der Waals surface area contributed by atoms with Crippen molar-refractivity contribution in [3.05, 3.63) is 57.7 Å². The van der Waals surface area contributed by atoms with Crippen LogP contribution in [0.2, 0.25) is 0 Å². The van der Waals surface area contributed by atoms with Crippen molar-refractivity contribution in [1.82, 2.24) is 0 Å². The average Bonchev–Trinajstić information content (AvgIpc) is 2.40. The number of nitrogens with one attached hydrogen (secondary N) is 1. The van der Waals surface area contributed by atoms with E-state index in [1.54, 1.807) is 0 Å². The number of carbonyl (C=O) groups is 1. The summed E-state index contributed by atoms with van der Waals surface area (Å²) in [6.45, 7) is 0. The van der Waals surface area contributed by atoms with E-state index in [2.05, 4.69) is 27.9 Å². The minimum Gasteiger partial charge on any atom is -0.321 e. The first-order valence-corrected chi connectivity index (χ1v) is 8.71. The van der Waals surface area contributed by atoms with Gasteiger partial charge in [0.15, 0.2) is 9.84 Å². The highest BCUT2D eigenvalue weighted by atomic mass is 127. The zero-order chi connectivity index (χ0) is 14.8. The topological polar surface area (TPSA) is 63.2 Å². The molecule has 0 heterocycles. The van der Waals surface area contributed by atoms with Crippen LogP contribution in [0.1, 0.15) is 10.4 Å². The number of anilines is 1. The highest BCUT2D eigenvalue weighted by Crippen LogP contribution is 2.18. The first kappa shape index (κ1) is 15.0.